The molecule has 116 valence electrons. The fourth-order valence-corrected chi connectivity index (χ4v) is 3.84. The summed E-state index contributed by atoms with van der Waals surface area (Å²) in [6.45, 7) is 0. The Hall–Kier alpha value is -1.24. The molecule has 5 nitrogen and oxygen atoms in total. The van der Waals surface area contributed by atoms with Crippen molar-refractivity contribution in [2.45, 2.75) is 23.3 Å². The Labute approximate surface area is 141 Å². The molecule has 3 rings (SSSR count). The van der Waals surface area contributed by atoms with Crippen molar-refractivity contribution < 1.29 is 13.9 Å². The van der Waals surface area contributed by atoms with Crippen molar-refractivity contribution in [3.8, 4) is 11.5 Å². The molecule has 0 spiro atoms. The highest BCUT2D eigenvalue weighted by molar-refractivity contribution is 7.99. The van der Waals surface area contributed by atoms with E-state index in [1.807, 2.05) is 0 Å². The second-order valence-corrected chi connectivity index (χ2v) is 7.02. The lowest BCUT2D eigenvalue weighted by atomic mass is 9.85. The summed E-state index contributed by atoms with van der Waals surface area (Å²) in [5.41, 5.74) is 0.645. The molecule has 1 heterocycles. The number of nitrogens with zero attached hydrogens (tertiary/aromatic N) is 2. The van der Waals surface area contributed by atoms with Crippen LogP contribution < -0.4 is 0 Å². The van der Waals surface area contributed by atoms with Crippen molar-refractivity contribution in [1.82, 2.24) is 10.2 Å². The molecule has 1 aliphatic carbocycles. The summed E-state index contributed by atoms with van der Waals surface area (Å²) in [6, 6.07) is 5.08. The first-order valence-corrected chi connectivity index (χ1v) is 8.24. The molecular weight excluding hydrogens is 347 g/mol. The van der Waals surface area contributed by atoms with Gasteiger partial charge in [0.25, 0.3) is 5.22 Å². The van der Waals surface area contributed by atoms with Gasteiger partial charge in [0, 0.05) is 10.3 Å². The molecule has 0 atom stereocenters. The number of carbonyl (C=O) groups excluding carboxylic acids is 1. The molecule has 1 saturated carbocycles. The number of carbonyl (C=O) groups is 1. The maximum absolute atomic E-state index is 11.3. The van der Waals surface area contributed by atoms with Gasteiger partial charge in [0.05, 0.1) is 23.6 Å². The maximum atomic E-state index is 11.3. The van der Waals surface area contributed by atoms with Gasteiger partial charge < -0.3 is 9.15 Å². The fraction of sp³-hybridized carbons (Fsp3) is 0.357. The van der Waals surface area contributed by atoms with Crippen LogP contribution in [-0.2, 0) is 9.53 Å². The predicted octanol–water partition coefficient (Wildman–Crippen LogP) is 4.09. The molecule has 0 unspecified atom stereocenters. The largest absolute Gasteiger partial charge is 0.469 e. The Morgan fingerprint density at radius 3 is 2.82 bits per heavy atom. The zero-order valence-corrected chi connectivity index (χ0v) is 13.9. The third-order valence-corrected chi connectivity index (χ3v) is 5.10. The van der Waals surface area contributed by atoms with E-state index in [1.165, 1.54) is 18.9 Å². The lowest BCUT2D eigenvalue weighted by Gasteiger charge is -2.31. The van der Waals surface area contributed by atoms with Crippen LogP contribution in [0.2, 0.25) is 10.0 Å². The highest BCUT2D eigenvalue weighted by Crippen LogP contribution is 2.41. The summed E-state index contributed by atoms with van der Waals surface area (Å²) in [7, 11) is 1.41. The van der Waals surface area contributed by atoms with Crippen LogP contribution in [-0.4, -0.2) is 28.5 Å². The molecule has 1 aliphatic rings. The Morgan fingerprint density at radius 1 is 1.36 bits per heavy atom. The maximum Gasteiger partial charge on any atom is 0.308 e. The summed E-state index contributed by atoms with van der Waals surface area (Å²) in [5.74, 6) is 0.180. The van der Waals surface area contributed by atoms with Crippen molar-refractivity contribution in [2.24, 2.45) is 5.92 Å². The van der Waals surface area contributed by atoms with E-state index in [2.05, 4.69) is 10.2 Å². The standard InChI is InChI=1S/C14H12Cl2N2O3S/c1-20-13(19)7-4-9(5-7)22-14-18-17-12(21-14)10-3-2-8(15)6-11(10)16/h2-3,6-7,9H,4-5H2,1H3/t7-,9+. The first kappa shape index (κ1) is 15.6. The van der Waals surface area contributed by atoms with Crippen LogP contribution in [0.15, 0.2) is 27.8 Å². The minimum absolute atomic E-state index is 0.0180. The zero-order chi connectivity index (χ0) is 15.7. The second-order valence-electron chi connectivity index (χ2n) is 4.93. The van der Waals surface area contributed by atoms with Gasteiger partial charge in [-0.25, -0.2) is 0 Å². The Morgan fingerprint density at radius 2 is 2.14 bits per heavy atom. The van der Waals surface area contributed by atoms with Crippen molar-refractivity contribution >= 4 is 40.9 Å². The molecule has 0 radical (unpaired) electrons. The van der Waals surface area contributed by atoms with E-state index >= 15 is 0 Å². The van der Waals surface area contributed by atoms with Gasteiger partial charge in [0.2, 0.25) is 5.89 Å². The van der Waals surface area contributed by atoms with Crippen LogP contribution in [0, 0.1) is 5.92 Å². The molecule has 1 aromatic heterocycles. The number of methoxy groups -OCH3 is 1. The highest BCUT2D eigenvalue weighted by Gasteiger charge is 2.36. The van der Waals surface area contributed by atoms with Crippen LogP contribution in [0.25, 0.3) is 11.5 Å². The lowest BCUT2D eigenvalue weighted by Crippen LogP contribution is -2.33. The molecule has 8 heteroatoms. The highest BCUT2D eigenvalue weighted by atomic mass is 35.5. The first-order chi connectivity index (χ1) is 10.6. The molecule has 0 N–H and O–H groups in total. The van der Waals surface area contributed by atoms with E-state index in [1.54, 1.807) is 18.2 Å². The Kier molecular flexibility index (Phi) is 4.61. The van der Waals surface area contributed by atoms with Crippen LogP contribution in [0.5, 0.6) is 0 Å². The second kappa shape index (κ2) is 6.48. The van der Waals surface area contributed by atoms with Gasteiger partial charge in [0.1, 0.15) is 0 Å². The van der Waals surface area contributed by atoms with E-state index < -0.39 is 0 Å². The third-order valence-electron chi connectivity index (χ3n) is 3.46. The van der Waals surface area contributed by atoms with Gasteiger partial charge in [-0.3, -0.25) is 4.79 Å². The van der Waals surface area contributed by atoms with Crippen molar-refractivity contribution in [2.75, 3.05) is 7.11 Å². The molecule has 1 fully saturated rings. The van der Waals surface area contributed by atoms with E-state index in [-0.39, 0.29) is 17.1 Å². The summed E-state index contributed by atoms with van der Waals surface area (Å²) in [6.07, 6.45) is 1.52. The van der Waals surface area contributed by atoms with Crippen LogP contribution in [0.3, 0.4) is 0 Å². The topological polar surface area (TPSA) is 65.2 Å². The number of halogens is 2. The van der Waals surface area contributed by atoms with Crippen molar-refractivity contribution in [1.29, 1.82) is 0 Å². The average Bonchev–Trinajstić information content (AvgIpc) is 2.90. The number of aromatic nitrogens is 2. The smallest absolute Gasteiger partial charge is 0.308 e. The van der Waals surface area contributed by atoms with Crippen LogP contribution in [0.1, 0.15) is 12.8 Å². The predicted molar refractivity (Wildman–Crippen MR) is 84.1 cm³/mol. The third kappa shape index (κ3) is 3.24. The number of esters is 1. The van der Waals surface area contributed by atoms with Crippen LogP contribution in [0.4, 0.5) is 0 Å². The van der Waals surface area contributed by atoms with Crippen molar-refractivity contribution in [3.05, 3.63) is 28.2 Å². The Balaban J connectivity index is 1.64. The quantitative estimate of drug-likeness (QED) is 0.767. The fourth-order valence-electron chi connectivity index (χ4n) is 2.19. The van der Waals surface area contributed by atoms with Gasteiger partial charge in [-0.15, -0.1) is 10.2 Å². The molecule has 0 aliphatic heterocycles. The minimum Gasteiger partial charge on any atom is -0.469 e. The van der Waals surface area contributed by atoms with E-state index in [4.69, 9.17) is 32.4 Å². The number of rotatable bonds is 4. The zero-order valence-electron chi connectivity index (χ0n) is 11.6. The van der Waals surface area contributed by atoms with Gasteiger partial charge >= 0.3 is 5.97 Å². The SMILES string of the molecule is COC(=O)[C@H]1C[C@@H](Sc2nnc(-c3ccc(Cl)cc3Cl)o2)C1. The number of benzene rings is 1. The van der Waals surface area contributed by atoms with Crippen LogP contribution >= 0.6 is 35.0 Å². The molecule has 0 amide bonds. The van der Waals surface area contributed by atoms with Gasteiger partial charge in [0.15, 0.2) is 0 Å². The van der Waals surface area contributed by atoms with Gasteiger partial charge in [-0.1, -0.05) is 35.0 Å². The lowest BCUT2D eigenvalue weighted by molar-refractivity contribution is -0.148. The summed E-state index contributed by atoms with van der Waals surface area (Å²) < 4.78 is 10.3. The first-order valence-electron chi connectivity index (χ1n) is 6.60. The molecule has 0 bridgehead atoms. The monoisotopic (exact) mass is 358 g/mol. The number of hydrogen-bond acceptors (Lipinski definition) is 6. The van der Waals surface area contributed by atoms with E-state index in [9.17, 15) is 4.79 Å². The normalized spacial score (nSPS) is 20.5. The average molecular weight is 359 g/mol. The van der Waals surface area contributed by atoms with Gasteiger partial charge in [-0.2, -0.15) is 0 Å². The molecule has 22 heavy (non-hydrogen) atoms. The summed E-state index contributed by atoms with van der Waals surface area (Å²) in [5, 5.41) is 9.77. The molecule has 0 saturated heterocycles. The Bertz CT molecular complexity index is 701. The van der Waals surface area contributed by atoms with E-state index in [0.717, 1.165) is 12.8 Å². The number of ether oxygens (including phenoxy) is 1. The molecular formula is C14H12Cl2N2O3S. The molecule has 1 aromatic carbocycles. The summed E-state index contributed by atoms with van der Waals surface area (Å²) >= 11 is 13.4. The van der Waals surface area contributed by atoms with Crippen molar-refractivity contribution in [3.63, 3.8) is 0 Å². The number of thioether (sulfide) groups is 1. The number of hydrogen-bond donors (Lipinski definition) is 0. The van der Waals surface area contributed by atoms with Gasteiger partial charge in [-0.05, 0) is 31.0 Å². The minimum atomic E-state index is -0.156. The van der Waals surface area contributed by atoms with E-state index in [0.29, 0.717) is 26.7 Å². The summed E-state index contributed by atoms with van der Waals surface area (Å²) in [4.78, 5) is 11.3. The molecule has 2 aromatic rings.